The van der Waals surface area contributed by atoms with Gasteiger partial charge in [0.1, 0.15) is 11.3 Å². The summed E-state index contributed by atoms with van der Waals surface area (Å²) < 4.78 is 15.5. The number of fused-ring (bicyclic) bond motifs is 1. The van der Waals surface area contributed by atoms with Crippen LogP contribution in [-0.2, 0) is 9.53 Å². The summed E-state index contributed by atoms with van der Waals surface area (Å²) in [6, 6.07) is 14.5. The molecule has 0 aliphatic heterocycles. The summed E-state index contributed by atoms with van der Waals surface area (Å²) in [6.45, 7) is 3.41. The number of hydrogen-bond donors (Lipinski definition) is 0. The van der Waals surface area contributed by atoms with Crippen LogP contribution >= 0.6 is 0 Å². The molecule has 0 aliphatic carbocycles. The molecule has 0 saturated carbocycles. The fraction of sp³-hybridized carbons (Fsp3) is 0.158. The first kappa shape index (κ1) is 15.8. The third-order valence-corrected chi connectivity index (χ3v) is 3.44. The first-order valence-corrected chi connectivity index (χ1v) is 7.56. The van der Waals surface area contributed by atoms with Crippen LogP contribution in [0.2, 0.25) is 0 Å². The third kappa shape index (κ3) is 3.30. The van der Waals surface area contributed by atoms with Crippen LogP contribution in [-0.4, -0.2) is 18.5 Å². The van der Waals surface area contributed by atoms with Crippen LogP contribution in [0.15, 0.2) is 52.9 Å². The van der Waals surface area contributed by atoms with Gasteiger partial charge in [-0.25, -0.2) is 4.79 Å². The average Bonchev–Trinajstić information content (AvgIpc) is 2.98. The molecule has 3 aromatic rings. The van der Waals surface area contributed by atoms with Gasteiger partial charge in [-0.15, -0.1) is 0 Å². The monoisotopic (exact) mass is 324 g/mol. The van der Waals surface area contributed by atoms with Crippen LogP contribution in [0.4, 0.5) is 0 Å². The van der Waals surface area contributed by atoms with Gasteiger partial charge < -0.3 is 13.9 Å². The van der Waals surface area contributed by atoms with Crippen molar-refractivity contribution >= 4 is 22.9 Å². The lowest BCUT2D eigenvalue weighted by molar-refractivity contribution is -0.131. The standard InChI is InChI=1S/C19H16O5/c1-3-22-19(21)18-11-15-10-14(6-9-17(15)24-18)13-4-7-16(8-5-13)23-12(2)20/h4-11H,3H2,1-2H3. The van der Waals surface area contributed by atoms with E-state index in [0.717, 1.165) is 16.5 Å². The zero-order valence-electron chi connectivity index (χ0n) is 13.4. The summed E-state index contributed by atoms with van der Waals surface area (Å²) in [4.78, 5) is 22.7. The predicted molar refractivity (Wildman–Crippen MR) is 88.9 cm³/mol. The molecule has 5 heteroatoms. The maximum absolute atomic E-state index is 11.7. The van der Waals surface area contributed by atoms with Gasteiger partial charge in [0.2, 0.25) is 5.76 Å². The van der Waals surface area contributed by atoms with Crippen LogP contribution < -0.4 is 4.74 Å². The molecule has 24 heavy (non-hydrogen) atoms. The molecule has 0 atom stereocenters. The average molecular weight is 324 g/mol. The van der Waals surface area contributed by atoms with Gasteiger partial charge in [-0.3, -0.25) is 4.79 Å². The number of carbonyl (C=O) groups is 2. The second kappa shape index (κ2) is 6.58. The van der Waals surface area contributed by atoms with E-state index >= 15 is 0 Å². The highest BCUT2D eigenvalue weighted by Gasteiger charge is 2.13. The lowest BCUT2D eigenvalue weighted by Crippen LogP contribution is -2.02. The molecule has 0 fully saturated rings. The molecule has 5 nitrogen and oxygen atoms in total. The number of ether oxygens (including phenoxy) is 2. The van der Waals surface area contributed by atoms with E-state index in [4.69, 9.17) is 13.9 Å². The number of benzene rings is 2. The summed E-state index contributed by atoms with van der Waals surface area (Å²) in [5, 5.41) is 0.819. The van der Waals surface area contributed by atoms with Crippen molar-refractivity contribution in [1.82, 2.24) is 0 Å². The molecule has 0 unspecified atom stereocenters. The minimum absolute atomic E-state index is 0.189. The van der Waals surface area contributed by atoms with Crippen molar-refractivity contribution in [3.8, 4) is 16.9 Å². The van der Waals surface area contributed by atoms with E-state index in [1.165, 1.54) is 6.92 Å². The molecular weight excluding hydrogens is 308 g/mol. The highest BCUT2D eigenvalue weighted by atomic mass is 16.5. The largest absolute Gasteiger partial charge is 0.460 e. The second-order valence-electron chi connectivity index (χ2n) is 5.20. The summed E-state index contributed by atoms with van der Waals surface area (Å²) in [6.07, 6.45) is 0. The van der Waals surface area contributed by atoms with Crippen molar-refractivity contribution in [2.75, 3.05) is 6.61 Å². The van der Waals surface area contributed by atoms with E-state index in [2.05, 4.69) is 0 Å². The molecule has 0 saturated heterocycles. The number of hydrogen-bond acceptors (Lipinski definition) is 5. The van der Waals surface area contributed by atoms with E-state index in [1.807, 2.05) is 30.3 Å². The zero-order chi connectivity index (χ0) is 17.1. The molecule has 122 valence electrons. The van der Waals surface area contributed by atoms with Gasteiger partial charge in [-0.1, -0.05) is 18.2 Å². The number of rotatable bonds is 4. The smallest absolute Gasteiger partial charge is 0.374 e. The molecular formula is C19H16O5. The van der Waals surface area contributed by atoms with Gasteiger partial charge in [-0.2, -0.15) is 0 Å². The molecule has 0 N–H and O–H groups in total. The topological polar surface area (TPSA) is 65.7 Å². The van der Waals surface area contributed by atoms with Gasteiger partial charge in [0.15, 0.2) is 0 Å². The first-order valence-electron chi connectivity index (χ1n) is 7.56. The van der Waals surface area contributed by atoms with Crippen molar-refractivity contribution < 1.29 is 23.5 Å². The second-order valence-corrected chi connectivity index (χ2v) is 5.20. The first-order chi connectivity index (χ1) is 11.6. The highest BCUT2D eigenvalue weighted by molar-refractivity contribution is 5.94. The van der Waals surface area contributed by atoms with E-state index in [1.54, 1.807) is 25.1 Å². The molecule has 1 heterocycles. The Morgan fingerprint density at radius 1 is 1.00 bits per heavy atom. The normalized spacial score (nSPS) is 10.6. The Bertz CT molecular complexity index is 890. The maximum atomic E-state index is 11.7. The number of esters is 2. The van der Waals surface area contributed by atoms with E-state index in [0.29, 0.717) is 17.9 Å². The van der Waals surface area contributed by atoms with Crippen molar-refractivity contribution in [3.63, 3.8) is 0 Å². The number of furan rings is 1. The van der Waals surface area contributed by atoms with E-state index in [-0.39, 0.29) is 11.7 Å². The SMILES string of the molecule is CCOC(=O)c1cc2cc(-c3ccc(OC(C)=O)cc3)ccc2o1. The van der Waals surface area contributed by atoms with Crippen LogP contribution in [0, 0.1) is 0 Å². The van der Waals surface area contributed by atoms with Crippen molar-refractivity contribution in [1.29, 1.82) is 0 Å². The summed E-state index contributed by atoms with van der Waals surface area (Å²) >= 11 is 0. The fourth-order valence-corrected chi connectivity index (χ4v) is 2.41. The molecule has 0 amide bonds. The molecule has 0 spiro atoms. The highest BCUT2D eigenvalue weighted by Crippen LogP contribution is 2.28. The van der Waals surface area contributed by atoms with Crippen LogP contribution in [0.25, 0.3) is 22.1 Å². The third-order valence-electron chi connectivity index (χ3n) is 3.44. The molecule has 0 aliphatic rings. The van der Waals surface area contributed by atoms with Gasteiger partial charge in [0.25, 0.3) is 0 Å². The Morgan fingerprint density at radius 2 is 1.71 bits per heavy atom. The minimum Gasteiger partial charge on any atom is -0.460 e. The quantitative estimate of drug-likeness (QED) is 0.531. The summed E-state index contributed by atoms with van der Waals surface area (Å²) in [7, 11) is 0. The fourth-order valence-electron chi connectivity index (χ4n) is 2.41. The zero-order valence-corrected chi connectivity index (χ0v) is 13.4. The molecule has 1 aromatic heterocycles. The Labute approximate surface area is 138 Å². The van der Waals surface area contributed by atoms with Crippen LogP contribution in [0.5, 0.6) is 5.75 Å². The Hall–Kier alpha value is -3.08. The van der Waals surface area contributed by atoms with Gasteiger partial charge >= 0.3 is 11.9 Å². The minimum atomic E-state index is -0.471. The Morgan fingerprint density at radius 3 is 2.38 bits per heavy atom. The van der Waals surface area contributed by atoms with Crippen molar-refractivity contribution in [2.45, 2.75) is 13.8 Å². The van der Waals surface area contributed by atoms with Crippen molar-refractivity contribution in [2.24, 2.45) is 0 Å². The van der Waals surface area contributed by atoms with Crippen LogP contribution in [0.3, 0.4) is 0 Å². The van der Waals surface area contributed by atoms with Crippen molar-refractivity contribution in [3.05, 3.63) is 54.3 Å². The predicted octanol–water partition coefficient (Wildman–Crippen LogP) is 4.20. The van der Waals surface area contributed by atoms with E-state index < -0.39 is 5.97 Å². The summed E-state index contributed by atoms with van der Waals surface area (Å²) in [5.41, 5.74) is 2.55. The summed E-state index contributed by atoms with van der Waals surface area (Å²) in [5.74, 6) is -0.135. The lowest BCUT2D eigenvalue weighted by atomic mass is 10.0. The molecule has 0 bridgehead atoms. The van der Waals surface area contributed by atoms with Gasteiger partial charge in [0.05, 0.1) is 6.61 Å². The van der Waals surface area contributed by atoms with Gasteiger partial charge in [0, 0.05) is 12.3 Å². The Kier molecular flexibility index (Phi) is 4.33. The maximum Gasteiger partial charge on any atom is 0.374 e. The Balaban J connectivity index is 1.90. The van der Waals surface area contributed by atoms with Gasteiger partial charge in [-0.05, 0) is 48.4 Å². The van der Waals surface area contributed by atoms with Crippen LogP contribution in [0.1, 0.15) is 24.4 Å². The molecule has 2 aromatic carbocycles. The molecule has 0 radical (unpaired) electrons. The number of carbonyl (C=O) groups excluding carboxylic acids is 2. The molecule has 3 rings (SSSR count). The van der Waals surface area contributed by atoms with E-state index in [9.17, 15) is 9.59 Å². The lowest BCUT2D eigenvalue weighted by Gasteiger charge is -2.04.